The third-order valence-electron chi connectivity index (χ3n) is 12.2. The Hall–Kier alpha value is -1.25. The van der Waals surface area contributed by atoms with Gasteiger partial charge in [0.2, 0.25) is 5.91 Å². The van der Waals surface area contributed by atoms with E-state index in [2.05, 4.69) is 26.1 Å². The molecule has 1 amide bonds. The van der Waals surface area contributed by atoms with Crippen LogP contribution in [0.15, 0.2) is 12.2 Å². The molecule has 3 atom stereocenters. The standard InChI is InChI=1S/C53H105N2O7P/c1-7-10-13-16-19-22-25-26-27-28-31-34-37-40-43-46-53(57)62-51(44-41-38-35-32-29-23-20-17-14-11-8-2)50(49-61-63(58,59)60-48-47-55(4,5)6)54-52(56)45-42-39-36-33-30-24-21-18-15-12-9-3/h41,44,50-51H,7-40,42-43,45-49H2,1-6H3,(H-,54,56,58,59)/b44-41+. The number of unbranched alkanes of at least 4 members (excludes halogenated alkanes) is 33. The van der Waals surface area contributed by atoms with Crippen molar-refractivity contribution in [3.63, 3.8) is 0 Å². The lowest BCUT2D eigenvalue weighted by atomic mass is 10.0. The van der Waals surface area contributed by atoms with Gasteiger partial charge >= 0.3 is 5.97 Å². The highest BCUT2D eigenvalue weighted by atomic mass is 31.2. The van der Waals surface area contributed by atoms with Crippen molar-refractivity contribution in [3.05, 3.63) is 12.2 Å². The number of allylic oxidation sites excluding steroid dienone is 1. The first-order valence-electron chi connectivity index (χ1n) is 27.0. The molecule has 0 aliphatic heterocycles. The number of nitrogens with zero attached hydrogens (tertiary/aromatic N) is 1. The van der Waals surface area contributed by atoms with E-state index in [1.807, 2.05) is 33.3 Å². The molecule has 63 heavy (non-hydrogen) atoms. The first-order chi connectivity index (χ1) is 30.4. The predicted molar refractivity (Wildman–Crippen MR) is 266 cm³/mol. The highest BCUT2D eigenvalue weighted by Gasteiger charge is 2.27. The van der Waals surface area contributed by atoms with Gasteiger partial charge in [-0.15, -0.1) is 0 Å². The van der Waals surface area contributed by atoms with Crippen molar-refractivity contribution < 1.29 is 37.3 Å². The summed E-state index contributed by atoms with van der Waals surface area (Å²) < 4.78 is 30.1. The fourth-order valence-electron chi connectivity index (χ4n) is 7.99. The number of carbonyl (C=O) groups is 2. The van der Waals surface area contributed by atoms with Crippen LogP contribution in [-0.2, 0) is 27.9 Å². The molecule has 0 saturated heterocycles. The maximum Gasteiger partial charge on any atom is 0.306 e. The number of ether oxygens (including phenoxy) is 1. The van der Waals surface area contributed by atoms with Crippen molar-refractivity contribution in [3.8, 4) is 0 Å². The number of phosphoric acid groups is 1. The summed E-state index contributed by atoms with van der Waals surface area (Å²) in [5.74, 6) is -0.529. The maximum atomic E-state index is 13.4. The van der Waals surface area contributed by atoms with Crippen molar-refractivity contribution in [1.29, 1.82) is 0 Å². The Labute approximate surface area is 391 Å². The third-order valence-corrected chi connectivity index (χ3v) is 13.2. The summed E-state index contributed by atoms with van der Waals surface area (Å²) in [5.41, 5.74) is 0. The smallest absolute Gasteiger partial charge is 0.306 e. The van der Waals surface area contributed by atoms with E-state index in [0.29, 0.717) is 17.4 Å². The third kappa shape index (κ3) is 45.7. The molecular formula is C53H105N2O7P. The van der Waals surface area contributed by atoms with Gasteiger partial charge in [0.05, 0.1) is 33.8 Å². The molecule has 0 heterocycles. The monoisotopic (exact) mass is 913 g/mol. The van der Waals surface area contributed by atoms with Gasteiger partial charge in [-0.25, -0.2) is 0 Å². The Bertz CT molecular complexity index is 1100. The first kappa shape index (κ1) is 61.8. The van der Waals surface area contributed by atoms with Crippen molar-refractivity contribution in [2.24, 2.45) is 0 Å². The second kappa shape index (κ2) is 44.6. The lowest BCUT2D eigenvalue weighted by Crippen LogP contribution is -2.47. The lowest BCUT2D eigenvalue weighted by molar-refractivity contribution is -0.870. The Balaban J connectivity index is 5.33. The molecule has 3 unspecified atom stereocenters. The highest BCUT2D eigenvalue weighted by molar-refractivity contribution is 7.45. The van der Waals surface area contributed by atoms with E-state index in [1.165, 1.54) is 173 Å². The molecule has 0 aliphatic carbocycles. The van der Waals surface area contributed by atoms with E-state index >= 15 is 0 Å². The van der Waals surface area contributed by atoms with Crippen LogP contribution in [0.1, 0.15) is 265 Å². The minimum Gasteiger partial charge on any atom is -0.756 e. The fraction of sp³-hybridized carbons (Fsp3) is 0.925. The van der Waals surface area contributed by atoms with Crippen LogP contribution in [0, 0.1) is 0 Å². The van der Waals surface area contributed by atoms with Gasteiger partial charge in [0.25, 0.3) is 7.82 Å². The Morgan fingerprint density at radius 1 is 0.540 bits per heavy atom. The molecular weight excluding hydrogens is 808 g/mol. The number of nitrogens with one attached hydrogen (secondary N) is 1. The van der Waals surface area contributed by atoms with Crippen LogP contribution in [0.4, 0.5) is 0 Å². The van der Waals surface area contributed by atoms with Gasteiger partial charge in [-0.2, -0.15) is 0 Å². The van der Waals surface area contributed by atoms with Gasteiger partial charge in [-0.05, 0) is 31.8 Å². The van der Waals surface area contributed by atoms with Gasteiger partial charge in [0.1, 0.15) is 19.3 Å². The SMILES string of the molecule is CCCCCCCCCCC/C=C/C(OC(=O)CCCCCCCCCCCCCCCCC)C(COP(=O)([O-])OCC[N+](C)(C)C)NC(=O)CCCCCCCCCCCCC. The summed E-state index contributed by atoms with van der Waals surface area (Å²) in [6.07, 6.45) is 47.4. The predicted octanol–water partition coefficient (Wildman–Crippen LogP) is 15.0. The maximum absolute atomic E-state index is 13.4. The molecule has 1 N–H and O–H groups in total. The number of esters is 1. The second-order valence-electron chi connectivity index (χ2n) is 19.7. The van der Waals surface area contributed by atoms with Crippen LogP contribution in [0.5, 0.6) is 0 Å². The summed E-state index contributed by atoms with van der Waals surface area (Å²) >= 11 is 0. The number of likely N-dealkylation sites (N-methyl/N-ethyl adjacent to an activating group) is 1. The Kier molecular flexibility index (Phi) is 43.7. The van der Waals surface area contributed by atoms with Gasteiger partial charge < -0.3 is 28.5 Å². The van der Waals surface area contributed by atoms with Crippen molar-refractivity contribution in [2.75, 3.05) is 40.9 Å². The molecule has 0 aliphatic rings. The van der Waals surface area contributed by atoms with Crippen LogP contribution < -0.4 is 10.2 Å². The van der Waals surface area contributed by atoms with Crippen molar-refractivity contribution in [1.82, 2.24) is 5.32 Å². The largest absolute Gasteiger partial charge is 0.756 e. The summed E-state index contributed by atoms with van der Waals surface area (Å²) in [7, 11) is 1.20. The number of rotatable bonds is 49. The summed E-state index contributed by atoms with van der Waals surface area (Å²) in [6.45, 7) is 6.84. The molecule has 374 valence electrons. The van der Waals surface area contributed by atoms with Crippen LogP contribution in [0.25, 0.3) is 0 Å². The average molecular weight is 913 g/mol. The van der Waals surface area contributed by atoms with Gasteiger partial charge in [-0.3, -0.25) is 14.2 Å². The zero-order valence-corrected chi connectivity index (χ0v) is 43.4. The molecule has 10 heteroatoms. The molecule has 0 aromatic carbocycles. The quantitative estimate of drug-likeness (QED) is 0.0213. The minimum absolute atomic E-state index is 0.0174. The Morgan fingerprint density at radius 2 is 0.905 bits per heavy atom. The fourth-order valence-corrected chi connectivity index (χ4v) is 8.72. The zero-order valence-electron chi connectivity index (χ0n) is 42.6. The molecule has 0 spiro atoms. The second-order valence-corrected chi connectivity index (χ2v) is 21.2. The van der Waals surface area contributed by atoms with E-state index in [-0.39, 0.29) is 31.5 Å². The number of amides is 1. The summed E-state index contributed by atoms with van der Waals surface area (Å²) in [4.78, 5) is 39.6. The number of hydrogen-bond acceptors (Lipinski definition) is 7. The first-order valence-corrected chi connectivity index (χ1v) is 28.5. The highest BCUT2D eigenvalue weighted by Crippen LogP contribution is 2.38. The summed E-state index contributed by atoms with van der Waals surface area (Å²) in [6, 6.07) is -0.876. The summed E-state index contributed by atoms with van der Waals surface area (Å²) in [5, 5.41) is 3.01. The molecule has 0 rings (SSSR count). The van der Waals surface area contributed by atoms with E-state index in [9.17, 15) is 19.0 Å². The van der Waals surface area contributed by atoms with Gasteiger partial charge in [0, 0.05) is 12.8 Å². The van der Waals surface area contributed by atoms with E-state index in [1.54, 1.807) is 0 Å². The average Bonchev–Trinajstić information content (AvgIpc) is 3.23. The van der Waals surface area contributed by atoms with Crippen LogP contribution in [0.2, 0.25) is 0 Å². The molecule has 0 radical (unpaired) electrons. The van der Waals surface area contributed by atoms with Crippen molar-refractivity contribution in [2.45, 2.75) is 277 Å². The van der Waals surface area contributed by atoms with Crippen LogP contribution in [0.3, 0.4) is 0 Å². The van der Waals surface area contributed by atoms with E-state index in [0.717, 1.165) is 57.8 Å². The van der Waals surface area contributed by atoms with Gasteiger partial charge in [-0.1, -0.05) is 232 Å². The molecule has 9 nitrogen and oxygen atoms in total. The van der Waals surface area contributed by atoms with Crippen LogP contribution >= 0.6 is 7.82 Å². The molecule has 0 bridgehead atoms. The normalized spacial score (nSPS) is 14.0. The molecule has 0 aromatic rings. The number of carbonyl (C=O) groups excluding carboxylic acids is 2. The number of phosphoric ester groups is 1. The van der Waals surface area contributed by atoms with Gasteiger partial charge in [0.15, 0.2) is 0 Å². The Morgan fingerprint density at radius 3 is 1.30 bits per heavy atom. The molecule has 0 aromatic heterocycles. The molecule has 0 saturated carbocycles. The topological polar surface area (TPSA) is 114 Å². The van der Waals surface area contributed by atoms with E-state index in [4.69, 9.17) is 13.8 Å². The number of quaternary nitrogens is 1. The zero-order chi connectivity index (χ0) is 46.5. The lowest BCUT2D eigenvalue weighted by Gasteiger charge is -2.30. The number of hydrogen-bond donors (Lipinski definition) is 1. The van der Waals surface area contributed by atoms with E-state index < -0.39 is 20.0 Å². The molecule has 0 fully saturated rings. The van der Waals surface area contributed by atoms with Crippen molar-refractivity contribution >= 4 is 19.7 Å². The van der Waals surface area contributed by atoms with Crippen LogP contribution in [-0.4, -0.2) is 69.4 Å². The minimum atomic E-state index is -4.68.